The van der Waals surface area contributed by atoms with Gasteiger partial charge in [-0.2, -0.15) is 11.8 Å². The molecular formula is C17H22O2S. The fourth-order valence-electron chi connectivity index (χ4n) is 3.92. The van der Waals surface area contributed by atoms with Gasteiger partial charge in [0.25, 0.3) is 0 Å². The largest absolute Gasteiger partial charge is 0.508 e. The van der Waals surface area contributed by atoms with Gasteiger partial charge in [0, 0.05) is 15.9 Å². The first-order chi connectivity index (χ1) is 9.24. The second-order valence-electron chi connectivity index (χ2n) is 7.14. The first kappa shape index (κ1) is 14.0. The summed E-state index contributed by atoms with van der Waals surface area (Å²) in [6, 6.07) is 7.30. The number of phenolic OH excluding ortho intramolecular Hbond substituents is 1. The van der Waals surface area contributed by atoms with Crippen LogP contribution in [0.5, 0.6) is 5.75 Å². The Bertz CT molecular complexity index is 563. The molecule has 1 N–H and O–H groups in total. The minimum Gasteiger partial charge on any atom is -0.508 e. The number of rotatable bonds is 2. The van der Waals surface area contributed by atoms with Crippen molar-refractivity contribution in [3.05, 3.63) is 29.8 Å². The zero-order valence-corrected chi connectivity index (χ0v) is 13.4. The summed E-state index contributed by atoms with van der Waals surface area (Å²) in [5, 5.41) is 9.40. The average Bonchev–Trinajstić information content (AvgIpc) is 2.87. The Balaban J connectivity index is 1.97. The number of hydrogen-bond acceptors (Lipinski definition) is 3. The predicted octanol–water partition coefficient (Wildman–Crippen LogP) is 3.67. The van der Waals surface area contributed by atoms with Gasteiger partial charge in [0.15, 0.2) is 0 Å². The lowest BCUT2D eigenvalue weighted by molar-refractivity contribution is -0.132. The summed E-state index contributed by atoms with van der Waals surface area (Å²) in [5.41, 5.74) is 0.687. The Hall–Kier alpha value is -0.960. The van der Waals surface area contributed by atoms with Gasteiger partial charge in [-0.1, -0.05) is 32.9 Å². The van der Waals surface area contributed by atoms with Crippen LogP contribution in [-0.4, -0.2) is 21.4 Å². The van der Waals surface area contributed by atoms with Crippen LogP contribution in [0.3, 0.4) is 0 Å². The first-order valence-electron chi connectivity index (χ1n) is 7.21. The molecule has 20 heavy (non-hydrogen) atoms. The summed E-state index contributed by atoms with van der Waals surface area (Å²) >= 11 is 1.96. The van der Waals surface area contributed by atoms with Crippen molar-refractivity contribution < 1.29 is 9.90 Å². The van der Waals surface area contributed by atoms with E-state index < -0.39 is 0 Å². The number of ketones is 1. The predicted molar refractivity (Wildman–Crippen MR) is 83.1 cm³/mol. The molecular weight excluding hydrogens is 268 g/mol. The van der Waals surface area contributed by atoms with Gasteiger partial charge in [-0.25, -0.2) is 0 Å². The van der Waals surface area contributed by atoms with Crippen molar-refractivity contribution in [3.8, 4) is 5.75 Å². The van der Waals surface area contributed by atoms with Crippen LogP contribution in [0, 0.1) is 16.7 Å². The monoisotopic (exact) mass is 290 g/mol. The zero-order chi connectivity index (χ0) is 14.8. The molecule has 3 atom stereocenters. The van der Waals surface area contributed by atoms with Crippen LogP contribution in [0.2, 0.25) is 0 Å². The fourth-order valence-corrected chi connectivity index (χ4v) is 5.70. The molecule has 2 fully saturated rings. The summed E-state index contributed by atoms with van der Waals surface area (Å²) in [5.74, 6) is 2.04. The van der Waals surface area contributed by atoms with E-state index in [1.54, 1.807) is 12.1 Å². The maximum Gasteiger partial charge on any atom is 0.147 e. The molecule has 3 heteroatoms. The number of Topliss-reactive ketones (excluding diaryl/α,β-unsaturated/α-hetero) is 1. The van der Waals surface area contributed by atoms with Crippen molar-refractivity contribution in [3.63, 3.8) is 0 Å². The highest BCUT2D eigenvalue weighted by molar-refractivity contribution is 8.01. The SMILES string of the molecule is CC1C2(C)SCC(C)(C)C(=O)C12Cc1ccc(O)cc1. The summed E-state index contributed by atoms with van der Waals surface area (Å²) in [7, 11) is 0. The molecule has 2 nitrogen and oxygen atoms in total. The summed E-state index contributed by atoms with van der Waals surface area (Å²) < 4.78 is 0.0808. The third kappa shape index (κ3) is 1.62. The van der Waals surface area contributed by atoms with Gasteiger partial charge < -0.3 is 5.11 Å². The molecule has 1 aliphatic carbocycles. The van der Waals surface area contributed by atoms with E-state index in [4.69, 9.17) is 0 Å². The number of phenols is 1. The van der Waals surface area contributed by atoms with E-state index in [2.05, 4.69) is 27.7 Å². The molecule has 3 unspecified atom stereocenters. The summed E-state index contributed by atoms with van der Waals surface area (Å²) in [6.45, 7) is 8.61. The topological polar surface area (TPSA) is 37.3 Å². The van der Waals surface area contributed by atoms with Crippen LogP contribution in [0.1, 0.15) is 33.3 Å². The van der Waals surface area contributed by atoms with Crippen molar-refractivity contribution >= 4 is 17.5 Å². The van der Waals surface area contributed by atoms with Gasteiger partial charge in [0.1, 0.15) is 11.5 Å². The molecule has 1 aromatic carbocycles. The Kier molecular flexibility index (Phi) is 2.82. The molecule has 0 spiro atoms. The van der Waals surface area contributed by atoms with Gasteiger partial charge in [-0.15, -0.1) is 0 Å². The van der Waals surface area contributed by atoms with Crippen molar-refractivity contribution in [2.75, 3.05) is 5.75 Å². The molecule has 1 aliphatic heterocycles. The Morgan fingerprint density at radius 1 is 1.25 bits per heavy atom. The normalized spacial score (nSPS) is 38.4. The summed E-state index contributed by atoms with van der Waals surface area (Å²) in [6.07, 6.45) is 0.792. The molecule has 1 aromatic rings. The molecule has 0 aromatic heterocycles. The average molecular weight is 290 g/mol. The molecule has 0 bridgehead atoms. The highest BCUT2D eigenvalue weighted by atomic mass is 32.2. The summed E-state index contributed by atoms with van der Waals surface area (Å²) in [4.78, 5) is 13.0. The van der Waals surface area contributed by atoms with E-state index >= 15 is 0 Å². The molecule has 108 valence electrons. The van der Waals surface area contributed by atoms with Crippen molar-refractivity contribution in [2.45, 2.75) is 38.9 Å². The zero-order valence-electron chi connectivity index (χ0n) is 12.6. The van der Waals surface area contributed by atoms with Crippen LogP contribution in [0.25, 0.3) is 0 Å². The van der Waals surface area contributed by atoms with E-state index in [0.717, 1.165) is 17.7 Å². The van der Waals surface area contributed by atoms with Crippen LogP contribution in [-0.2, 0) is 11.2 Å². The maximum absolute atomic E-state index is 13.0. The van der Waals surface area contributed by atoms with Crippen LogP contribution in [0.15, 0.2) is 24.3 Å². The van der Waals surface area contributed by atoms with E-state index in [9.17, 15) is 9.90 Å². The first-order valence-corrected chi connectivity index (χ1v) is 8.19. The number of hydrogen-bond donors (Lipinski definition) is 1. The fraction of sp³-hybridized carbons (Fsp3) is 0.588. The van der Waals surface area contributed by atoms with Gasteiger partial charge in [-0.3, -0.25) is 4.79 Å². The lowest BCUT2D eigenvalue weighted by atomic mass is 9.75. The van der Waals surface area contributed by atoms with Gasteiger partial charge in [-0.05, 0) is 37.0 Å². The van der Waals surface area contributed by atoms with Crippen LogP contribution in [0.4, 0.5) is 0 Å². The maximum atomic E-state index is 13.0. The van der Waals surface area contributed by atoms with E-state index in [1.165, 1.54) is 0 Å². The Morgan fingerprint density at radius 3 is 2.45 bits per heavy atom. The van der Waals surface area contributed by atoms with Crippen molar-refractivity contribution in [1.29, 1.82) is 0 Å². The minimum atomic E-state index is -0.230. The number of carbonyl (C=O) groups excluding carboxylic acids is 1. The van der Waals surface area contributed by atoms with E-state index in [-0.39, 0.29) is 21.3 Å². The molecule has 3 rings (SSSR count). The Labute approximate surface area is 125 Å². The lowest BCUT2D eigenvalue weighted by Gasteiger charge is -2.37. The van der Waals surface area contributed by atoms with Crippen LogP contribution < -0.4 is 0 Å². The lowest BCUT2D eigenvalue weighted by Crippen LogP contribution is -2.43. The standard InChI is InChI=1S/C17H22O2S/c1-11-16(4)17(11,14(19)15(2,3)10-20-16)9-12-5-7-13(18)8-6-12/h5-8,11,18H,9-10H2,1-4H3. The molecule has 2 aliphatic rings. The van der Waals surface area contributed by atoms with Gasteiger partial charge in [0.2, 0.25) is 0 Å². The quantitative estimate of drug-likeness (QED) is 0.903. The molecule has 1 heterocycles. The van der Waals surface area contributed by atoms with E-state index in [1.807, 2.05) is 23.9 Å². The molecule has 1 saturated heterocycles. The van der Waals surface area contributed by atoms with Crippen molar-refractivity contribution in [1.82, 2.24) is 0 Å². The van der Waals surface area contributed by atoms with Gasteiger partial charge >= 0.3 is 0 Å². The molecule has 0 radical (unpaired) electrons. The third-order valence-electron chi connectivity index (χ3n) is 5.54. The second kappa shape index (κ2) is 4.03. The number of benzene rings is 1. The van der Waals surface area contributed by atoms with Crippen LogP contribution >= 0.6 is 11.8 Å². The number of fused-ring (bicyclic) bond motifs is 1. The number of carbonyl (C=O) groups is 1. The molecule has 0 amide bonds. The highest BCUT2D eigenvalue weighted by Crippen LogP contribution is 2.75. The minimum absolute atomic E-state index is 0.0808. The van der Waals surface area contributed by atoms with Crippen molar-refractivity contribution in [2.24, 2.45) is 16.7 Å². The molecule has 1 saturated carbocycles. The number of aromatic hydroxyl groups is 1. The highest BCUT2D eigenvalue weighted by Gasteiger charge is 2.78. The second-order valence-corrected chi connectivity index (χ2v) is 8.57. The smallest absolute Gasteiger partial charge is 0.147 e. The third-order valence-corrected chi connectivity index (χ3v) is 7.72. The Morgan fingerprint density at radius 2 is 1.85 bits per heavy atom. The van der Waals surface area contributed by atoms with E-state index in [0.29, 0.717) is 11.7 Å². The number of thioether (sulfide) groups is 1. The van der Waals surface area contributed by atoms with Gasteiger partial charge in [0.05, 0.1) is 5.41 Å².